The molecule has 1 atom stereocenters. The molecule has 1 aromatic carbocycles. The number of carbonyl (C=O) groups excluding carboxylic acids is 1. The summed E-state index contributed by atoms with van der Waals surface area (Å²) in [5.41, 5.74) is 12.3. The average Bonchev–Trinajstić information content (AvgIpc) is 2.29. The molecule has 0 saturated heterocycles. The zero-order valence-corrected chi connectivity index (χ0v) is 10.2. The molecule has 0 saturated carbocycles. The summed E-state index contributed by atoms with van der Waals surface area (Å²) in [6, 6.07) is 3.40. The Kier molecular flexibility index (Phi) is 3.45. The molecular formula is C12H17N3O3. The zero-order valence-electron chi connectivity index (χ0n) is 10.2. The molecule has 1 unspecified atom stereocenters. The number of anilines is 2. The van der Waals surface area contributed by atoms with E-state index in [-0.39, 0.29) is 18.4 Å². The quantitative estimate of drug-likeness (QED) is 0.684. The molecule has 0 aromatic heterocycles. The lowest BCUT2D eigenvalue weighted by Crippen LogP contribution is -2.24. The molecule has 0 fully saturated rings. The van der Waals surface area contributed by atoms with Gasteiger partial charge in [-0.25, -0.2) is 0 Å². The van der Waals surface area contributed by atoms with Crippen molar-refractivity contribution in [2.24, 2.45) is 5.73 Å². The molecular weight excluding hydrogens is 234 g/mol. The number of amides is 1. The maximum Gasteiger partial charge on any atom is 0.219 e. The van der Waals surface area contributed by atoms with Crippen LogP contribution in [0.5, 0.6) is 11.5 Å². The molecule has 2 rings (SSSR count). The van der Waals surface area contributed by atoms with Crippen LogP contribution in [-0.4, -0.2) is 25.2 Å². The number of ether oxygens (including phenoxy) is 2. The van der Waals surface area contributed by atoms with Crippen molar-refractivity contribution >= 4 is 17.3 Å². The number of hydrogen-bond acceptors (Lipinski definition) is 5. The Morgan fingerprint density at radius 3 is 2.61 bits per heavy atom. The van der Waals surface area contributed by atoms with Gasteiger partial charge in [0.2, 0.25) is 5.91 Å². The summed E-state index contributed by atoms with van der Waals surface area (Å²) in [5, 5.41) is 3.13. The highest BCUT2D eigenvalue weighted by atomic mass is 16.6. The van der Waals surface area contributed by atoms with Crippen LogP contribution < -0.4 is 26.3 Å². The number of nitrogens with two attached hydrogens (primary N) is 2. The summed E-state index contributed by atoms with van der Waals surface area (Å²) >= 11 is 0. The largest absolute Gasteiger partial charge is 0.486 e. The highest BCUT2D eigenvalue weighted by Crippen LogP contribution is 2.37. The molecule has 6 nitrogen and oxygen atoms in total. The summed E-state index contributed by atoms with van der Waals surface area (Å²) in [6.45, 7) is 2.91. The number of nitrogen functional groups attached to an aromatic ring is 1. The Balaban J connectivity index is 2.15. The van der Waals surface area contributed by atoms with Gasteiger partial charge in [-0.3, -0.25) is 4.79 Å². The molecule has 5 N–H and O–H groups in total. The molecule has 1 amide bonds. The minimum Gasteiger partial charge on any atom is -0.486 e. The van der Waals surface area contributed by atoms with Crippen molar-refractivity contribution in [1.82, 2.24) is 0 Å². The zero-order chi connectivity index (χ0) is 13.1. The number of hydrogen-bond donors (Lipinski definition) is 3. The molecule has 0 bridgehead atoms. The maximum atomic E-state index is 10.8. The molecule has 1 aromatic rings. The summed E-state index contributed by atoms with van der Waals surface area (Å²) in [5.74, 6) is 0.946. The summed E-state index contributed by atoms with van der Waals surface area (Å²) in [6.07, 6.45) is 0.244. The molecule has 1 aliphatic rings. The van der Waals surface area contributed by atoms with Gasteiger partial charge < -0.3 is 26.3 Å². The van der Waals surface area contributed by atoms with Crippen LogP contribution in [0.25, 0.3) is 0 Å². The molecule has 1 heterocycles. The molecule has 0 aliphatic carbocycles. The lowest BCUT2D eigenvalue weighted by Gasteiger charge is -2.22. The van der Waals surface area contributed by atoms with Gasteiger partial charge in [-0.1, -0.05) is 0 Å². The Bertz CT molecular complexity index is 462. The molecule has 18 heavy (non-hydrogen) atoms. The van der Waals surface area contributed by atoms with Crippen LogP contribution in [0.3, 0.4) is 0 Å². The van der Waals surface area contributed by atoms with Gasteiger partial charge in [0.1, 0.15) is 13.2 Å². The van der Waals surface area contributed by atoms with E-state index in [4.69, 9.17) is 20.9 Å². The first-order valence-electron chi connectivity index (χ1n) is 5.80. The Morgan fingerprint density at radius 2 is 2.00 bits per heavy atom. The normalized spacial score (nSPS) is 14.9. The average molecular weight is 251 g/mol. The van der Waals surface area contributed by atoms with Gasteiger partial charge in [-0.15, -0.1) is 0 Å². The summed E-state index contributed by atoms with van der Waals surface area (Å²) in [4.78, 5) is 10.8. The summed E-state index contributed by atoms with van der Waals surface area (Å²) in [7, 11) is 0. The van der Waals surface area contributed by atoms with Crippen molar-refractivity contribution in [1.29, 1.82) is 0 Å². The summed E-state index contributed by atoms with van der Waals surface area (Å²) < 4.78 is 10.9. The lowest BCUT2D eigenvalue weighted by molar-refractivity contribution is -0.118. The minimum atomic E-state index is -0.355. The van der Waals surface area contributed by atoms with Crippen LogP contribution in [0.1, 0.15) is 13.3 Å². The van der Waals surface area contributed by atoms with Gasteiger partial charge >= 0.3 is 0 Å². The Labute approximate surface area is 105 Å². The van der Waals surface area contributed by atoms with Crippen LogP contribution >= 0.6 is 0 Å². The fourth-order valence-corrected chi connectivity index (χ4v) is 1.85. The van der Waals surface area contributed by atoms with E-state index in [1.54, 1.807) is 12.1 Å². The molecule has 1 aliphatic heterocycles. The van der Waals surface area contributed by atoms with Crippen LogP contribution in [0, 0.1) is 0 Å². The van der Waals surface area contributed by atoms with E-state index < -0.39 is 0 Å². The van der Waals surface area contributed by atoms with Crippen LogP contribution in [0.15, 0.2) is 12.1 Å². The topological polar surface area (TPSA) is 99.6 Å². The fraction of sp³-hybridized carbons (Fsp3) is 0.417. The first kappa shape index (κ1) is 12.3. The van der Waals surface area contributed by atoms with Crippen molar-refractivity contribution in [3.05, 3.63) is 12.1 Å². The number of carbonyl (C=O) groups is 1. The second kappa shape index (κ2) is 5.03. The second-order valence-corrected chi connectivity index (χ2v) is 4.30. The van der Waals surface area contributed by atoms with Gasteiger partial charge in [0.15, 0.2) is 11.5 Å². The van der Waals surface area contributed by atoms with Crippen LogP contribution in [0.4, 0.5) is 11.4 Å². The number of benzene rings is 1. The third-order valence-electron chi connectivity index (χ3n) is 2.62. The van der Waals surface area contributed by atoms with Gasteiger partial charge in [0.25, 0.3) is 0 Å². The first-order valence-corrected chi connectivity index (χ1v) is 5.80. The van der Waals surface area contributed by atoms with E-state index in [0.717, 1.165) is 0 Å². The van der Waals surface area contributed by atoms with Crippen LogP contribution in [0.2, 0.25) is 0 Å². The highest BCUT2D eigenvalue weighted by molar-refractivity contribution is 5.76. The van der Waals surface area contributed by atoms with E-state index >= 15 is 0 Å². The molecule has 0 spiro atoms. The van der Waals surface area contributed by atoms with E-state index in [2.05, 4.69) is 5.32 Å². The van der Waals surface area contributed by atoms with Gasteiger partial charge in [0, 0.05) is 24.6 Å². The molecule has 98 valence electrons. The van der Waals surface area contributed by atoms with Crippen molar-refractivity contribution in [3.63, 3.8) is 0 Å². The van der Waals surface area contributed by atoms with Gasteiger partial charge in [0.05, 0.1) is 11.4 Å². The number of nitrogens with one attached hydrogen (secondary N) is 1. The monoisotopic (exact) mass is 251 g/mol. The Morgan fingerprint density at radius 1 is 1.39 bits per heavy atom. The van der Waals surface area contributed by atoms with Gasteiger partial charge in [-0.05, 0) is 6.92 Å². The third-order valence-corrected chi connectivity index (χ3v) is 2.62. The van der Waals surface area contributed by atoms with Crippen LogP contribution in [-0.2, 0) is 4.79 Å². The van der Waals surface area contributed by atoms with E-state index in [0.29, 0.717) is 36.1 Å². The van der Waals surface area contributed by atoms with Crippen molar-refractivity contribution < 1.29 is 14.3 Å². The number of primary amides is 1. The smallest absolute Gasteiger partial charge is 0.219 e. The predicted octanol–water partition coefficient (Wildman–Crippen LogP) is 0.716. The van der Waals surface area contributed by atoms with Crippen molar-refractivity contribution in [2.75, 3.05) is 24.3 Å². The maximum absolute atomic E-state index is 10.8. The fourth-order valence-electron chi connectivity index (χ4n) is 1.85. The van der Waals surface area contributed by atoms with Crippen molar-refractivity contribution in [2.45, 2.75) is 19.4 Å². The molecule has 0 radical (unpaired) electrons. The number of fused-ring (bicyclic) bond motifs is 1. The third kappa shape index (κ3) is 2.77. The van der Waals surface area contributed by atoms with Crippen molar-refractivity contribution in [3.8, 4) is 11.5 Å². The number of rotatable bonds is 4. The lowest BCUT2D eigenvalue weighted by atomic mass is 10.2. The Hall–Kier alpha value is -2.11. The minimum absolute atomic E-state index is 0.0904. The second-order valence-electron chi connectivity index (χ2n) is 4.30. The molecule has 6 heteroatoms. The first-order chi connectivity index (χ1) is 8.56. The highest BCUT2D eigenvalue weighted by Gasteiger charge is 2.16. The predicted molar refractivity (Wildman–Crippen MR) is 68.7 cm³/mol. The van der Waals surface area contributed by atoms with E-state index in [1.165, 1.54) is 0 Å². The standard InChI is InChI=1S/C12H17N3O3/c1-7(4-12(14)16)15-9-6-11-10(5-8(9)13)17-2-3-18-11/h5-7,15H,2-4,13H2,1H3,(H2,14,16). The van der Waals surface area contributed by atoms with Gasteiger partial charge in [-0.2, -0.15) is 0 Å². The van der Waals surface area contributed by atoms with E-state index in [9.17, 15) is 4.79 Å². The SMILES string of the molecule is CC(CC(N)=O)Nc1cc2c(cc1N)OCCO2. The van der Waals surface area contributed by atoms with E-state index in [1.807, 2.05) is 6.92 Å².